The van der Waals surface area contributed by atoms with Gasteiger partial charge in [0, 0.05) is 13.1 Å². The maximum absolute atomic E-state index is 11.7. The highest BCUT2D eigenvalue weighted by Gasteiger charge is 2.17. The lowest BCUT2D eigenvalue weighted by Crippen LogP contribution is -2.40. The Balaban J connectivity index is 2.23. The Morgan fingerprint density at radius 2 is 2.20 bits per heavy atom. The minimum absolute atomic E-state index is 0.0431. The zero-order valence-electron chi connectivity index (χ0n) is 9.46. The standard InChI is InChI=1S/C12H20N2O/c1-3-7-11(4-2)13-10-12(15)14-8-5-6-9-14/h2,11,13H,3,5-10H2,1H3. The van der Waals surface area contributed by atoms with Gasteiger partial charge in [-0.3, -0.25) is 10.1 Å². The lowest BCUT2D eigenvalue weighted by molar-refractivity contribution is -0.129. The summed E-state index contributed by atoms with van der Waals surface area (Å²) in [4.78, 5) is 13.6. The van der Waals surface area contributed by atoms with Crippen LogP contribution in [-0.4, -0.2) is 36.5 Å². The monoisotopic (exact) mass is 208 g/mol. The summed E-state index contributed by atoms with van der Waals surface area (Å²) in [5, 5.41) is 3.12. The van der Waals surface area contributed by atoms with Crippen LogP contribution in [-0.2, 0) is 4.79 Å². The van der Waals surface area contributed by atoms with Gasteiger partial charge in [0.25, 0.3) is 0 Å². The lowest BCUT2D eigenvalue weighted by Gasteiger charge is -2.17. The van der Waals surface area contributed by atoms with Crippen LogP contribution in [0.2, 0.25) is 0 Å². The van der Waals surface area contributed by atoms with Crippen molar-refractivity contribution in [1.29, 1.82) is 0 Å². The van der Waals surface area contributed by atoms with Gasteiger partial charge in [0.15, 0.2) is 0 Å². The maximum atomic E-state index is 11.7. The van der Waals surface area contributed by atoms with E-state index in [-0.39, 0.29) is 11.9 Å². The molecule has 3 nitrogen and oxygen atoms in total. The molecule has 1 heterocycles. The molecule has 1 N–H and O–H groups in total. The summed E-state index contributed by atoms with van der Waals surface area (Å²) in [5.74, 6) is 2.85. The number of terminal acetylenes is 1. The third-order valence-electron chi connectivity index (χ3n) is 2.74. The van der Waals surface area contributed by atoms with Gasteiger partial charge in [0.05, 0.1) is 12.6 Å². The first-order chi connectivity index (χ1) is 7.27. The Morgan fingerprint density at radius 1 is 1.53 bits per heavy atom. The van der Waals surface area contributed by atoms with Crippen molar-refractivity contribution < 1.29 is 4.79 Å². The van der Waals surface area contributed by atoms with Crippen molar-refractivity contribution in [3.63, 3.8) is 0 Å². The van der Waals surface area contributed by atoms with Gasteiger partial charge in [-0.05, 0) is 19.3 Å². The van der Waals surface area contributed by atoms with Crippen LogP contribution in [0.25, 0.3) is 0 Å². The normalized spacial score (nSPS) is 17.5. The molecule has 1 rings (SSSR count). The quantitative estimate of drug-likeness (QED) is 0.684. The first-order valence-electron chi connectivity index (χ1n) is 5.75. The van der Waals surface area contributed by atoms with Gasteiger partial charge >= 0.3 is 0 Å². The summed E-state index contributed by atoms with van der Waals surface area (Å²) in [6, 6.07) is 0.0431. The molecule has 1 fully saturated rings. The minimum atomic E-state index is 0.0431. The average molecular weight is 208 g/mol. The van der Waals surface area contributed by atoms with E-state index in [4.69, 9.17) is 6.42 Å². The number of carbonyl (C=O) groups is 1. The highest BCUT2D eigenvalue weighted by molar-refractivity contribution is 5.78. The van der Waals surface area contributed by atoms with Gasteiger partial charge in [0.2, 0.25) is 5.91 Å². The molecule has 0 aromatic carbocycles. The molecule has 1 amide bonds. The number of carbonyl (C=O) groups excluding carboxylic acids is 1. The van der Waals surface area contributed by atoms with E-state index in [2.05, 4.69) is 18.2 Å². The maximum Gasteiger partial charge on any atom is 0.236 e. The molecule has 1 unspecified atom stereocenters. The van der Waals surface area contributed by atoms with Crippen LogP contribution in [0.1, 0.15) is 32.6 Å². The molecule has 0 bridgehead atoms. The van der Waals surface area contributed by atoms with Crippen molar-refractivity contribution in [3.05, 3.63) is 0 Å². The van der Waals surface area contributed by atoms with E-state index in [1.165, 1.54) is 0 Å². The van der Waals surface area contributed by atoms with E-state index in [0.29, 0.717) is 6.54 Å². The van der Waals surface area contributed by atoms with Crippen LogP contribution in [0, 0.1) is 12.3 Å². The third kappa shape index (κ3) is 3.93. The predicted molar refractivity (Wildman–Crippen MR) is 61.3 cm³/mol. The fraction of sp³-hybridized carbons (Fsp3) is 0.750. The molecule has 0 saturated carbocycles. The number of rotatable bonds is 5. The summed E-state index contributed by atoms with van der Waals surface area (Å²) >= 11 is 0. The molecule has 0 radical (unpaired) electrons. The van der Waals surface area contributed by atoms with E-state index in [9.17, 15) is 4.79 Å². The minimum Gasteiger partial charge on any atom is -0.342 e. The molecule has 0 spiro atoms. The highest BCUT2D eigenvalue weighted by atomic mass is 16.2. The van der Waals surface area contributed by atoms with Gasteiger partial charge in [-0.15, -0.1) is 6.42 Å². The Bertz CT molecular complexity index is 238. The van der Waals surface area contributed by atoms with Gasteiger partial charge < -0.3 is 4.90 Å². The fourth-order valence-electron chi connectivity index (χ4n) is 1.82. The summed E-state index contributed by atoms with van der Waals surface area (Å²) in [7, 11) is 0. The van der Waals surface area contributed by atoms with Crippen molar-refractivity contribution in [2.75, 3.05) is 19.6 Å². The second-order valence-electron chi connectivity index (χ2n) is 3.98. The summed E-state index contributed by atoms with van der Waals surface area (Å²) in [6.07, 6.45) is 9.61. The van der Waals surface area contributed by atoms with Gasteiger partial charge in [0.1, 0.15) is 0 Å². The molecular formula is C12H20N2O. The Kier molecular flexibility index (Phi) is 5.20. The molecule has 15 heavy (non-hydrogen) atoms. The largest absolute Gasteiger partial charge is 0.342 e. The molecule has 1 aliphatic heterocycles. The third-order valence-corrected chi connectivity index (χ3v) is 2.74. The van der Waals surface area contributed by atoms with Crippen LogP contribution >= 0.6 is 0 Å². The summed E-state index contributed by atoms with van der Waals surface area (Å²) in [6.45, 7) is 4.30. The molecule has 84 valence electrons. The van der Waals surface area contributed by atoms with Gasteiger partial charge in [-0.25, -0.2) is 0 Å². The average Bonchev–Trinajstić information content (AvgIpc) is 2.77. The smallest absolute Gasteiger partial charge is 0.236 e. The zero-order valence-corrected chi connectivity index (χ0v) is 9.46. The van der Waals surface area contributed by atoms with E-state index in [1.54, 1.807) is 0 Å². The van der Waals surface area contributed by atoms with Gasteiger partial charge in [-0.1, -0.05) is 19.3 Å². The molecule has 3 heteroatoms. The van der Waals surface area contributed by atoms with Crippen LogP contribution in [0.15, 0.2) is 0 Å². The van der Waals surface area contributed by atoms with Crippen molar-refractivity contribution in [1.82, 2.24) is 10.2 Å². The van der Waals surface area contributed by atoms with Gasteiger partial charge in [-0.2, -0.15) is 0 Å². The highest BCUT2D eigenvalue weighted by Crippen LogP contribution is 2.06. The second kappa shape index (κ2) is 6.47. The molecule has 1 aliphatic rings. The van der Waals surface area contributed by atoms with Crippen LogP contribution in [0.5, 0.6) is 0 Å². The van der Waals surface area contributed by atoms with E-state index >= 15 is 0 Å². The molecule has 0 aromatic heterocycles. The van der Waals surface area contributed by atoms with E-state index < -0.39 is 0 Å². The Hall–Kier alpha value is -1.01. The second-order valence-corrected chi connectivity index (χ2v) is 3.98. The molecular weight excluding hydrogens is 188 g/mol. The van der Waals surface area contributed by atoms with Crippen LogP contribution in [0.3, 0.4) is 0 Å². The Morgan fingerprint density at radius 3 is 2.73 bits per heavy atom. The lowest BCUT2D eigenvalue weighted by atomic mass is 10.2. The first-order valence-corrected chi connectivity index (χ1v) is 5.75. The molecule has 1 atom stereocenters. The van der Waals surface area contributed by atoms with Crippen molar-refractivity contribution in [2.24, 2.45) is 0 Å². The molecule has 0 aromatic rings. The number of hydrogen-bond donors (Lipinski definition) is 1. The topological polar surface area (TPSA) is 32.3 Å². The number of hydrogen-bond acceptors (Lipinski definition) is 2. The van der Waals surface area contributed by atoms with E-state index in [0.717, 1.165) is 38.8 Å². The van der Waals surface area contributed by atoms with Crippen molar-refractivity contribution >= 4 is 5.91 Å². The number of nitrogens with zero attached hydrogens (tertiary/aromatic N) is 1. The fourth-order valence-corrected chi connectivity index (χ4v) is 1.82. The number of likely N-dealkylation sites (tertiary alicyclic amines) is 1. The first kappa shape index (κ1) is 12.1. The summed E-state index contributed by atoms with van der Waals surface area (Å²) in [5.41, 5.74) is 0. The van der Waals surface area contributed by atoms with Crippen LogP contribution < -0.4 is 5.32 Å². The summed E-state index contributed by atoms with van der Waals surface area (Å²) < 4.78 is 0. The molecule has 1 saturated heterocycles. The SMILES string of the molecule is C#CC(CCC)NCC(=O)N1CCCC1. The van der Waals surface area contributed by atoms with Crippen molar-refractivity contribution in [2.45, 2.75) is 38.6 Å². The Labute approximate surface area is 92.2 Å². The predicted octanol–water partition coefficient (Wildman–Crippen LogP) is 1.00. The molecule has 0 aliphatic carbocycles. The number of nitrogens with one attached hydrogen (secondary N) is 1. The van der Waals surface area contributed by atoms with E-state index in [1.807, 2.05) is 4.90 Å². The zero-order chi connectivity index (χ0) is 11.1. The number of amides is 1. The van der Waals surface area contributed by atoms with Crippen molar-refractivity contribution in [3.8, 4) is 12.3 Å². The van der Waals surface area contributed by atoms with Crippen LogP contribution in [0.4, 0.5) is 0 Å².